The first-order valence-electron chi connectivity index (χ1n) is 8.14. The van der Waals surface area contributed by atoms with Gasteiger partial charge in [0.2, 0.25) is 11.9 Å². The summed E-state index contributed by atoms with van der Waals surface area (Å²) in [5.41, 5.74) is 4.88. The first-order chi connectivity index (χ1) is 11.3. The van der Waals surface area contributed by atoms with Gasteiger partial charge >= 0.3 is 6.03 Å². The van der Waals surface area contributed by atoms with Gasteiger partial charge in [-0.25, -0.2) is 4.79 Å². The van der Waals surface area contributed by atoms with Crippen LogP contribution in [0.15, 0.2) is 0 Å². The van der Waals surface area contributed by atoms with E-state index in [0.717, 1.165) is 12.8 Å². The minimum absolute atomic E-state index is 0.0204. The van der Waals surface area contributed by atoms with Crippen molar-refractivity contribution in [3.63, 3.8) is 0 Å². The number of rotatable bonds is 7. The van der Waals surface area contributed by atoms with E-state index in [2.05, 4.69) is 20.3 Å². The average molecular weight is 335 g/mol. The number of hydrogen-bond donors (Lipinski definition) is 2. The third kappa shape index (κ3) is 3.39. The number of nitrogens with two attached hydrogens (primary N) is 1. The minimum Gasteiger partial charge on any atom is -0.368 e. The van der Waals surface area contributed by atoms with E-state index in [1.165, 1.54) is 4.90 Å². The monoisotopic (exact) mass is 335 g/mol. The van der Waals surface area contributed by atoms with Gasteiger partial charge in [0.05, 0.1) is 6.54 Å². The molecule has 9 nitrogen and oxygen atoms in total. The smallest absolute Gasteiger partial charge is 0.325 e. The molecule has 0 saturated carbocycles. The maximum Gasteiger partial charge on any atom is 0.325 e. The van der Waals surface area contributed by atoms with Crippen LogP contribution in [0.1, 0.15) is 45.4 Å². The summed E-state index contributed by atoms with van der Waals surface area (Å²) in [7, 11) is 3.56. The summed E-state index contributed by atoms with van der Waals surface area (Å²) in [5, 5.41) is 2.87. The van der Waals surface area contributed by atoms with Crippen LogP contribution in [-0.2, 0) is 11.3 Å². The average Bonchev–Trinajstić information content (AvgIpc) is 2.72. The van der Waals surface area contributed by atoms with Crippen LogP contribution in [-0.4, -0.2) is 51.4 Å². The van der Waals surface area contributed by atoms with Crippen molar-refractivity contribution in [2.24, 2.45) is 0 Å². The fraction of sp³-hybridized carbons (Fsp3) is 0.667. The van der Waals surface area contributed by atoms with Crippen molar-refractivity contribution in [2.45, 2.75) is 51.6 Å². The predicted octanol–water partition coefficient (Wildman–Crippen LogP) is 0.911. The standard InChI is InChI=1S/C15H25N7O2/c1-5-7-15(8-6-2)11(23)22(14(24)20-15)9-10-17-12(16)19-13(18-10)21(3)4/h5-9H2,1-4H3,(H,20,24)(H2,16,17,18,19). The number of aromatic nitrogens is 3. The van der Waals surface area contributed by atoms with E-state index < -0.39 is 11.6 Å². The van der Waals surface area contributed by atoms with Crippen LogP contribution in [0.5, 0.6) is 0 Å². The van der Waals surface area contributed by atoms with Gasteiger partial charge in [-0.15, -0.1) is 0 Å². The molecule has 0 unspecified atom stereocenters. The first-order valence-corrected chi connectivity index (χ1v) is 8.14. The second kappa shape index (κ2) is 6.98. The Morgan fingerprint density at radius 2 is 1.75 bits per heavy atom. The molecule has 132 valence electrons. The zero-order valence-corrected chi connectivity index (χ0v) is 14.7. The van der Waals surface area contributed by atoms with E-state index in [1.54, 1.807) is 19.0 Å². The third-order valence-corrected chi connectivity index (χ3v) is 3.99. The number of imide groups is 1. The Bertz CT molecular complexity index is 626. The van der Waals surface area contributed by atoms with E-state index in [1.807, 2.05) is 13.8 Å². The van der Waals surface area contributed by atoms with Crippen LogP contribution in [0.25, 0.3) is 0 Å². The second-order valence-corrected chi connectivity index (χ2v) is 6.21. The minimum atomic E-state index is -0.816. The number of nitrogens with zero attached hydrogens (tertiary/aromatic N) is 5. The van der Waals surface area contributed by atoms with Crippen molar-refractivity contribution < 1.29 is 9.59 Å². The number of amides is 3. The van der Waals surface area contributed by atoms with Crippen LogP contribution >= 0.6 is 0 Å². The maximum atomic E-state index is 12.9. The van der Waals surface area contributed by atoms with Crippen molar-refractivity contribution in [2.75, 3.05) is 24.7 Å². The molecule has 1 aliphatic heterocycles. The summed E-state index contributed by atoms with van der Waals surface area (Å²) in [6.07, 6.45) is 2.85. The van der Waals surface area contributed by atoms with E-state index in [4.69, 9.17) is 5.73 Å². The molecule has 0 atom stereocenters. The Morgan fingerprint density at radius 1 is 1.12 bits per heavy atom. The van der Waals surface area contributed by atoms with Crippen molar-refractivity contribution in [1.82, 2.24) is 25.2 Å². The lowest BCUT2D eigenvalue weighted by Gasteiger charge is -2.25. The van der Waals surface area contributed by atoms with Gasteiger partial charge < -0.3 is 16.0 Å². The molecular formula is C15H25N7O2. The summed E-state index contributed by atoms with van der Waals surface area (Å²) < 4.78 is 0. The van der Waals surface area contributed by atoms with Crippen molar-refractivity contribution >= 4 is 23.8 Å². The topological polar surface area (TPSA) is 117 Å². The summed E-state index contributed by atoms with van der Waals surface area (Å²) in [6.45, 7) is 3.97. The van der Waals surface area contributed by atoms with Gasteiger partial charge in [0.25, 0.3) is 5.91 Å². The summed E-state index contributed by atoms with van der Waals surface area (Å²) in [4.78, 5) is 40.4. The van der Waals surface area contributed by atoms with Crippen LogP contribution in [0.4, 0.5) is 16.7 Å². The Balaban J connectivity index is 2.27. The molecule has 3 N–H and O–H groups in total. The normalized spacial score (nSPS) is 16.4. The van der Waals surface area contributed by atoms with Gasteiger partial charge in [-0.05, 0) is 12.8 Å². The van der Waals surface area contributed by atoms with Gasteiger partial charge in [0, 0.05) is 14.1 Å². The van der Waals surface area contributed by atoms with Gasteiger partial charge in [0.1, 0.15) is 5.54 Å². The van der Waals surface area contributed by atoms with Crippen molar-refractivity contribution in [3.8, 4) is 0 Å². The maximum absolute atomic E-state index is 12.9. The predicted molar refractivity (Wildman–Crippen MR) is 90.2 cm³/mol. The lowest BCUT2D eigenvalue weighted by atomic mass is 9.88. The fourth-order valence-electron chi connectivity index (χ4n) is 2.97. The fourth-order valence-corrected chi connectivity index (χ4v) is 2.97. The molecule has 1 aromatic heterocycles. The molecule has 1 saturated heterocycles. The summed E-state index contributed by atoms with van der Waals surface area (Å²) in [6, 6.07) is -0.410. The SMILES string of the molecule is CCCC1(CCC)NC(=O)N(Cc2nc(N)nc(N(C)C)n2)C1=O. The Kier molecular flexibility index (Phi) is 5.20. The highest BCUT2D eigenvalue weighted by atomic mass is 16.2. The Labute approximate surface area is 141 Å². The summed E-state index contributed by atoms with van der Waals surface area (Å²) >= 11 is 0. The number of carbonyl (C=O) groups excluding carboxylic acids is 2. The van der Waals surface area contributed by atoms with Gasteiger partial charge in [-0.3, -0.25) is 9.69 Å². The largest absolute Gasteiger partial charge is 0.368 e. The molecule has 1 aromatic rings. The summed E-state index contributed by atoms with van der Waals surface area (Å²) in [5.74, 6) is 0.516. The Morgan fingerprint density at radius 3 is 2.29 bits per heavy atom. The molecule has 0 aromatic carbocycles. The molecule has 0 aliphatic carbocycles. The number of carbonyl (C=O) groups is 2. The second-order valence-electron chi connectivity index (χ2n) is 6.21. The Hall–Kier alpha value is -2.45. The molecule has 9 heteroatoms. The van der Waals surface area contributed by atoms with Crippen LogP contribution in [0.2, 0.25) is 0 Å². The number of nitrogen functional groups attached to an aromatic ring is 1. The molecule has 2 heterocycles. The highest BCUT2D eigenvalue weighted by Gasteiger charge is 2.49. The van der Waals surface area contributed by atoms with Gasteiger partial charge in [-0.2, -0.15) is 15.0 Å². The molecule has 3 amide bonds. The van der Waals surface area contributed by atoms with Gasteiger partial charge in [0.15, 0.2) is 5.82 Å². The zero-order valence-electron chi connectivity index (χ0n) is 14.7. The lowest BCUT2D eigenvalue weighted by Crippen LogP contribution is -2.46. The molecule has 1 aliphatic rings. The molecule has 0 bridgehead atoms. The number of hydrogen-bond acceptors (Lipinski definition) is 7. The molecule has 1 fully saturated rings. The van der Waals surface area contributed by atoms with E-state index in [0.29, 0.717) is 24.6 Å². The third-order valence-electron chi connectivity index (χ3n) is 3.99. The molecule has 0 radical (unpaired) electrons. The zero-order chi connectivity index (χ0) is 17.9. The molecular weight excluding hydrogens is 310 g/mol. The molecule has 24 heavy (non-hydrogen) atoms. The highest BCUT2D eigenvalue weighted by molar-refractivity contribution is 6.06. The van der Waals surface area contributed by atoms with E-state index >= 15 is 0 Å². The molecule has 2 rings (SSSR count). The van der Waals surface area contributed by atoms with Crippen molar-refractivity contribution in [3.05, 3.63) is 5.82 Å². The van der Waals surface area contributed by atoms with Crippen LogP contribution in [0.3, 0.4) is 0 Å². The lowest BCUT2D eigenvalue weighted by molar-refractivity contribution is -0.132. The number of nitrogens with one attached hydrogen (secondary N) is 1. The van der Waals surface area contributed by atoms with Gasteiger partial charge in [-0.1, -0.05) is 26.7 Å². The van der Waals surface area contributed by atoms with Crippen molar-refractivity contribution in [1.29, 1.82) is 0 Å². The quantitative estimate of drug-likeness (QED) is 0.711. The molecule has 0 spiro atoms. The first kappa shape index (κ1) is 17.9. The highest BCUT2D eigenvalue weighted by Crippen LogP contribution is 2.28. The number of urea groups is 1. The van der Waals surface area contributed by atoms with Crippen LogP contribution in [0, 0.1) is 0 Å². The van der Waals surface area contributed by atoms with Crippen LogP contribution < -0.4 is 16.0 Å². The number of anilines is 2. The van der Waals surface area contributed by atoms with E-state index in [-0.39, 0.29) is 18.4 Å². The van der Waals surface area contributed by atoms with E-state index in [9.17, 15) is 9.59 Å².